The summed E-state index contributed by atoms with van der Waals surface area (Å²) >= 11 is 0. The highest BCUT2D eigenvalue weighted by Crippen LogP contribution is 2.26. The highest BCUT2D eigenvalue weighted by atomic mass is 16.5. The van der Waals surface area contributed by atoms with Gasteiger partial charge in [0.2, 0.25) is 0 Å². The van der Waals surface area contributed by atoms with Crippen molar-refractivity contribution in [1.29, 1.82) is 0 Å². The maximum Gasteiger partial charge on any atom is 0.357 e. The summed E-state index contributed by atoms with van der Waals surface area (Å²) in [5.74, 6) is -1.87. The summed E-state index contributed by atoms with van der Waals surface area (Å²) in [4.78, 5) is 41.8. The third-order valence-electron chi connectivity index (χ3n) is 5.10. The maximum atomic E-state index is 13.4. The number of hydrogen-bond donors (Lipinski definition) is 2. The van der Waals surface area contributed by atoms with Crippen LogP contribution in [0.5, 0.6) is 0 Å². The number of aliphatic imine (C=N–C) groups is 1. The van der Waals surface area contributed by atoms with Gasteiger partial charge in [0, 0.05) is 11.8 Å². The quantitative estimate of drug-likeness (QED) is 0.316. The van der Waals surface area contributed by atoms with Gasteiger partial charge in [-0.1, -0.05) is 60.7 Å². The molecule has 0 bridgehead atoms. The molecule has 34 heavy (non-hydrogen) atoms. The third kappa shape index (κ3) is 4.42. The molecule has 0 aliphatic rings. The predicted octanol–water partition coefficient (Wildman–Crippen LogP) is 4.46. The number of carboxylic acid groups (broad SMARTS) is 1. The normalized spacial score (nSPS) is 11.0. The summed E-state index contributed by atoms with van der Waals surface area (Å²) in [6.07, 6.45) is 1.19. The number of hydrogen-bond acceptors (Lipinski definition) is 5. The average molecular weight is 455 g/mol. The Hall–Kier alpha value is -4.72. The summed E-state index contributed by atoms with van der Waals surface area (Å²) in [7, 11) is 0. The fourth-order valence-corrected chi connectivity index (χ4v) is 3.53. The molecule has 4 rings (SSSR count). The highest BCUT2D eigenvalue weighted by molar-refractivity contribution is 6.00. The first-order chi connectivity index (χ1) is 16.5. The van der Waals surface area contributed by atoms with Crippen molar-refractivity contribution in [2.75, 3.05) is 6.61 Å². The molecule has 0 amide bonds. The standard InChI is InChI=1S/C26H21N3O5/c1-2-34-26(33)23-20(16-27-21-14-8-6-13-19(21)25(31)32)24(30)29(28-23)22-15-9-7-12-18(22)17-10-4-3-5-11-17/h3-16,28H,2H2,1H3,(H,31,32). The predicted molar refractivity (Wildman–Crippen MR) is 128 cm³/mol. The first-order valence-electron chi connectivity index (χ1n) is 10.5. The molecule has 1 heterocycles. The van der Waals surface area contributed by atoms with Crippen LogP contribution in [0, 0.1) is 0 Å². The molecule has 4 aromatic rings. The first-order valence-corrected chi connectivity index (χ1v) is 10.5. The molecule has 0 atom stereocenters. The Balaban J connectivity index is 1.88. The zero-order valence-electron chi connectivity index (χ0n) is 18.3. The van der Waals surface area contributed by atoms with Gasteiger partial charge in [-0.15, -0.1) is 0 Å². The summed E-state index contributed by atoms with van der Waals surface area (Å²) in [6.45, 7) is 1.78. The van der Waals surface area contributed by atoms with Crippen molar-refractivity contribution in [3.63, 3.8) is 0 Å². The van der Waals surface area contributed by atoms with E-state index in [9.17, 15) is 19.5 Å². The van der Waals surface area contributed by atoms with Gasteiger partial charge < -0.3 is 9.84 Å². The molecule has 0 fully saturated rings. The fraction of sp³-hybridized carbons (Fsp3) is 0.0769. The molecule has 0 aliphatic carbocycles. The molecule has 0 saturated heterocycles. The minimum absolute atomic E-state index is 0.0262. The van der Waals surface area contributed by atoms with E-state index in [4.69, 9.17) is 4.74 Å². The number of carbonyl (C=O) groups excluding carboxylic acids is 1. The van der Waals surface area contributed by atoms with Crippen molar-refractivity contribution >= 4 is 23.8 Å². The lowest BCUT2D eigenvalue weighted by Crippen LogP contribution is -2.18. The molecular formula is C26H21N3O5. The van der Waals surface area contributed by atoms with Gasteiger partial charge in [0.05, 0.1) is 29.1 Å². The molecule has 0 aliphatic heterocycles. The number of carboxylic acids is 1. The number of aromatic nitrogens is 2. The molecule has 3 aromatic carbocycles. The molecule has 0 unspecified atom stereocenters. The van der Waals surface area contributed by atoms with E-state index in [1.165, 1.54) is 23.0 Å². The van der Waals surface area contributed by atoms with Crippen LogP contribution in [0.4, 0.5) is 5.69 Å². The van der Waals surface area contributed by atoms with Crippen molar-refractivity contribution < 1.29 is 19.4 Å². The fourth-order valence-electron chi connectivity index (χ4n) is 3.53. The zero-order valence-corrected chi connectivity index (χ0v) is 18.3. The number of rotatable bonds is 7. The van der Waals surface area contributed by atoms with E-state index >= 15 is 0 Å². The van der Waals surface area contributed by atoms with Gasteiger partial charge in [0.25, 0.3) is 5.56 Å². The minimum Gasteiger partial charge on any atom is -0.478 e. The molecule has 0 radical (unpaired) electrons. The van der Waals surface area contributed by atoms with Crippen molar-refractivity contribution in [1.82, 2.24) is 9.78 Å². The molecular weight excluding hydrogens is 434 g/mol. The molecule has 8 nitrogen and oxygen atoms in total. The van der Waals surface area contributed by atoms with Crippen molar-refractivity contribution in [2.45, 2.75) is 6.92 Å². The zero-order chi connectivity index (χ0) is 24.1. The van der Waals surface area contributed by atoms with E-state index in [-0.39, 0.29) is 29.1 Å². The van der Waals surface area contributed by atoms with E-state index in [0.29, 0.717) is 5.69 Å². The van der Waals surface area contributed by atoms with Gasteiger partial charge in [-0.3, -0.25) is 14.9 Å². The van der Waals surface area contributed by atoms with Gasteiger partial charge in [-0.25, -0.2) is 14.3 Å². The number of H-pyrrole nitrogens is 1. The van der Waals surface area contributed by atoms with Crippen LogP contribution in [-0.4, -0.2) is 39.6 Å². The number of nitrogens with one attached hydrogen (secondary N) is 1. The van der Waals surface area contributed by atoms with E-state index in [0.717, 1.165) is 11.1 Å². The van der Waals surface area contributed by atoms with Crippen LogP contribution in [0.1, 0.15) is 33.3 Å². The Morgan fingerprint density at radius 1 is 1.00 bits per heavy atom. The number of esters is 1. The Morgan fingerprint density at radius 2 is 1.68 bits per heavy atom. The van der Waals surface area contributed by atoms with Crippen LogP contribution in [0.3, 0.4) is 0 Å². The number of aromatic carboxylic acids is 1. The number of para-hydroxylation sites is 2. The van der Waals surface area contributed by atoms with E-state index in [1.54, 1.807) is 31.2 Å². The number of nitrogens with zero attached hydrogens (tertiary/aromatic N) is 2. The van der Waals surface area contributed by atoms with Crippen LogP contribution >= 0.6 is 0 Å². The molecule has 0 spiro atoms. The summed E-state index contributed by atoms with van der Waals surface area (Å²) in [5.41, 5.74) is 1.69. The summed E-state index contributed by atoms with van der Waals surface area (Å²) in [5, 5.41) is 12.3. The lowest BCUT2D eigenvalue weighted by molar-refractivity contribution is 0.0518. The number of carbonyl (C=O) groups is 2. The van der Waals surface area contributed by atoms with Crippen molar-refractivity contribution in [2.24, 2.45) is 4.99 Å². The van der Waals surface area contributed by atoms with Gasteiger partial charge in [-0.05, 0) is 30.7 Å². The Labute approximate surface area is 194 Å². The Morgan fingerprint density at radius 3 is 2.41 bits per heavy atom. The SMILES string of the molecule is CCOC(=O)c1[nH]n(-c2ccccc2-c2ccccc2)c(=O)c1C=Nc1ccccc1C(=O)O. The van der Waals surface area contributed by atoms with Crippen LogP contribution in [0.25, 0.3) is 16.8 Å². The second-order valence-corrected chi connectivity index (χ2v) is 7.23. The molecule has 2 N–H and O–H groups in total. The van der Waals surface area contributed by atoms with Crippen LogP contribution in [-0.2, 0) is 4.74 Å². The lowest BCUT2D eigenvalue weighted by Gasteiger charge is -2.10. The molecule has 1 aromatic heterocycles. The summed E-state index contributed by atoms with van der Waals surface area (Å²) in [6, 6.07) is 22.9. The van der Waals surface area contributed by atoms with Crippen molar-refractivity contribution in [3.05, 3.63) is 106 Å². The van der Waals surface area contributed by atoms with E-state index < -0.39 is 17.5 Å². The van der Waals surface area contributed by atoms with Gasteiger partial charge in [-0.2, -0.15) is 0 Å². The number of aromatic amines is 1. The van der Waals surface area contributed by atoms with E-state index in [2.05, 4.69) is 10.1 Å². The average Bonchev–Trinajstić information content (AvgIpc) is 3.19. The highest BCUT2D eigenvalue weighted by Gasteiger charge is 2.22. The smallest absolute Gasteiger partial charge is 0.357 e. The van der Waals surface area contributed by atoms with Crippen LogP contribution in [0.2, 0.25) is 0 Å². The van der Waals surface area contributed by atoms with Crippen molar-refractivity contribution in [3.8, 4) is 16.8 Å². The maximum absolute atomic E-state index is 13.4. The second-order valence-electron chi connectivity index (χ2n) is 7.23. The van der Waals surface area contributed by atoms with Crippen LogP contribution in [0.15, 0.2) is 88.6 Å². The Kier molecular flexibility index (Phi) is 6.49. The summed E-state index contributed by atoms with van der Waals surface area (Å²) < 4.78 is 6.39. The topological polar surface area (TPSA) is 114 Å². The van der Waals surface area contributed by atoms with Crippen LogP contribution < -0.4 is 5.56 Å². The molecule has 0 saturated carbocycles. The number of benzene rings is 3. The van der Waals surface area contributed by atoms with Gasteiger partial charge >= 0.3 is 11.9 Å². The Bertz CT molecular complexity index is 1430. The lowest BCUT2D eigenvalue weighted by atomic mass is 10.0. The van der Waals surface area contributed by atoms with E-state index in [1.807, 2.05) is 42.5 Å². The number of ether oxygens (including phenoxy) is 1. The molecule has 8 heteroatoms. The minimum atomic E-state index is -1.15. The van der Waals surface area contributed by atoms with Gasteiger partial charge in [0.15, 0.2) is 5.69 Å². The largest absolute Gasteiger partial charge is 0.478 e. The first kappa shape index (κ1) is 22.5. The third-order valence-corrected chi connectivity index (χ3v) is 5.10. The van der Waals surface area contributed by atoms with Gasteiger partial charge in [0.1, 0.15) is 0 Å². The molecule has 170 valence electrons. The monoisotopic (exact) mass is 455 g/mol. The second kappa shape index (κ2) is 9.83.